The topological polar surface area (TPSA) is 50.9 Å². The van der Waals surface area contributed by atoms with Crippen molar-refractivity contribution in [2.45, 2.75) is 25.3 Å². The zero-order valence-electron chi connectivity index (χ0n) is 11.9. The van der Waals surface area contributed by atoms with Gasteiger partial charge in [-0.2, -0.15) is 0 Å². The average molecular weight is 277 g/mol. The van der Waals surface area contributed by atoms with Crippen LogP contribution in [0, 0.1) is 11.7 Å². The molecule has 1 unspecified atom stereocenters. The summed E-state index contributed by atoms with van der Waals surface area (Å²) in [7, 11) is 1.56. The lowest BCUT2D eigenvalue weighted by molar-refractivity contribution is 0.204. The molecule has 0 aromatic heterocycles. The quantitative estimate of drug-likeness (QED) is 0.917. The number of halogens is 1. The smallest absolute Gasteiger partial charge is 0.192 e. The fraction of sp³-hybridized carbons (Fsp3) is 0.533. The monoisotopic (exact) mass is 277 g/mol. The first-order valence-electron chi connectivity index (χ1n) is 6.97. The lowest BCUT2D eigenvalue weighted by Crippen LogP contribution is -2.49. The lowest BCUT2D eigenvalue weighted by Gasteiger charge is -2.37. The number of hydrogen-bond donors (Lipinski definition) is 1. The Hall–Kier alpha value is -1.78. The van der Waals surface area contributed by atoms with E-state index in [-0.39, 0.29) is 5.82 Å². The molecular formula is C15H20FN3O. The molecule has 1 saturated carbocycles. The summed E-state index contributed by atoms with van der Waals surface area (Å²) >= 11 is 0. The van der Waals surface area contributed by atoms with Gasteiger partial charge in [0.1, 0.15) is 11.6 Å². The highest BCUT2D eigenvalue weighted by molar-refractivity contribution is 5.81. The maximum absolute atomic E-state index is 14.4. The predicted octanol–water partition coefficient (Wildman–Crippen LogP) is 2.09. The summed E-state index contributed by atoms with van der Waals surface area (Å²) < 4.78 is 19.7. The molecule has 108 valence electrons. The molecule has 0 radical (unpaired) electrons. The Bertz CT molecular complexity index is 556. The van der Waals surface area contributed by atoms with E-state index in [0.717, 1.165) is 6.54 Å². The molecule has 3 rings (SSSR count). The Morgan fingerprint density at radius 3 is 2.90 bits per heavy atom. The maximum Gasteiger partial charge on any atom is 0.192 e. The van der Waals surface area contributed by atoms with Gasteiger partial charge in [0, 0.05) is 6.54 Å². The second-order valence-corrected chi connectivity index (χ2v) is 5.82. The molecule has 2 N–H and O–H groups in total. The number of nitrogens with zero attached hydrogens (tertiary/aromatic N) is 2. The van der Waals surface area contributed by atoms with Crippen LogP contribution in [0.2, 0.25) is 0 Å². The number of rotatable bonds is 4. The first kappa shape index (κ1) is 13.2. The van der Waals surface area contributed by atoms with Crippen molar-refractivity contribution in [2.24, 2.45) is 16.6 Å². The molecule has 1 atom stereocenters. The van der Waals surface area contributed by atoms with Crippen LogP contribution < -0.4 is 10.5 Å². The first-order chi connectivity index (χ1) is 9.56. The molecule has 0 amide bonds. The van der Waals surface area contributed by atoms with E-state index in [1.165, 1.54) is 18.9 Å². The fourth-order valence-corrected chi connectivity index (χ4v) is 2.92. The zero-order chi connectivity index (χ0) is 14.3. The summed E-state index contributed by atoms with van der Waals surface area (Å²) in [6.07, 6.45) is 2.43. The zero-order valence-corrected chi connectivity index (χ0v) is 11.9. The first-order valence-corrected chi connectivity index (χ1v) is 6.97. The van der Waals surface area contributed by atoms with Gasteiger partial charge in [0.25, 0.3) is 0 Å². The van der Waals surface area contributed by atoms with E-state index in [4.69, 9.17) is 10.5 Å². The highest BCUT2D eigenvalue weighted by atomic mass is 19.1. The summed E-state index contributed by atoms with van der Waals surface area (Å²) in [5.41, 5.74) is 6.00. The number of methoxy groups -OCH3 is 1. The fourth-order valence-electron chi connectivity index (χ4n) is 2.92. The Morgan fingerprint density at radius 1 is 1.50 bits per heavy atom. The molecule has 4 nitrogen and oxygen atoms in total. The van der Waals surface area contributed by atoms with E-state index >= 15 is 0 Å². The maximum atomic E-state index is 14.4. The molecular weight excluding hydrogens is 257 g/mol. The van der Waals surface area contributed by atoms with Crippen LogP contribution in [0.15, 0.2) is 23.2 Å². The second kappa shape index (κ2) is 4.65. The van der Waals surface area contributed by atoms with Crippen molar-refractivity contribution in [2.75, 3.05) is 20.2 Å². The van der Waals surface area contributed by atoms with Gasteiger partial charge in [0.15, 0.2) is 5.96 Å². The van der Waals surface area contributed by atoms with Gasteiger partial charge in [-0.05, 0) is 37.8 Å². The summed E-state index contributed by atoms with van der Waals surface area (Å²) in [5, 5.41) is 0. The standard InChI is InChI=1S/C15H20FN3O/c1-15(13-11(16)4-3-5-12(13)20-2)9-18-14(17)19(15)8-10-6-7-10/h3-5,10H,6-9H2,1-2H3,(H2,17,18). The van der Waals surface area contributed by atoms with E-state index in [1.54, 1.807) is 19.2 Å². The average Bonchev–Trinajstić information content (AvgIpc) is 3.20. The minimum Gasteiger partial charge on any atom is -0.496 e. The van der Waals surface area contributed by atoms with Crippen LogP contribution in [0.3, 0.4) is 0 Å². The van der Waals surface area contributed by atoms with E-state index in [2.05, 4.69) is 4.99 Å². The van der Waals surface area contributed by atoms with E-state index in [1.807, 2.05) is 11.8 Å². The molecule has 0 saturated heterocycles. The van der Waals surface area contributed by atoms with Gasteiger partial charge >= 0.3 is 0 Å². The number of benzene rings is 1. The molecule has 1 fully saturated rings. The van der Waals surface area contributed by atoms with Crippen LogP contribution in [0.4, 0.5) is 4.39 Å². The third kappa shape index (κ3) is 2.01. The Balaban J connectivity index is 2.02. The third-order valence-corrected chi connectivity index (χ3v) is 4.29. The molecule has 0 bridgehead atoms. The molecule has 20 heavy (non-hydrogen) atoms. The third-order valence-electron chi connectivity index (χ3n) is 4.29. The molecule has 5 heteroatoms. The van der Waals surface area contributed by atoms with Crippen molar-refractivity contribution < 1.29 is 9.13 Å². The predicted molar refractivity (Wildman–Crippen MR) is 76.2 cm³/mol. The summed E-state index contributed by atoms with van der Waals surface area (Å²) in [6, 6.07) is 4.91. The molecule has 0 spiro atoms. The van der Waals surface area contributed by atoms with Crippen molar-refractivity contribution in [3.05, 3.63) is 29.6 Å². The number of aliphatic imine (C=N–C) groups is 1. The summed E-state index contributed by atoms with van der Waals surface area (Å²) in [5.74, 6) is 1.44. The highest BCUT2D eigenvalue weighted by Crippen LogP contribution is 2.42. The van der Waals surface area contributed by atoms with Gasteiger partial charge in [-0.3, -0.25) is 4.99 Å². The Labute approximate surface area is 118 Å². The minimum absolute atomic E-state index is 0.266. The number of guanidine groups is 1. The van der Waals surface area contributed by atoms with Crippen LogP contribution in [0.25, 0.3) is 0 Å². The van der Waals surface area contributed by atoms with Gasteiger partial charge in [-0.25, -0.2) is 4.39 Å². The van der Waals surface area contributed by atoms with Crippen LogP contribution >= 0.6 is 0 Å². The van der Waals surface area contributed by atoms with Crippen LogP contribution in [0.1, 0.15) is 25.3 Å². The highest BCUT2D eigenvalue weighted by Gasteiger charge is 2.45. The molecule has 2 aliphatic rings. The van der Waals surface area contributed by atoms with E-state index < -0.39 is 5.54 Å². The molecule has 1 aliphatic heterocycles. The van der Waals surface area contributed by atoms with Crippen LogP contribution in [-0.4, -0.2) is 31.1 Å². The number of nitrogens with two attached hydrogens (primary N) is 1. The van der Waals surface area contributed by atoms with Crippen molar-refractivity contribution in [1.82, 2.24) is 4.90 Å². The summed E-state index contributed by atoms with van der Waals surface area (Å²) in [4.78, 5) is 6.38. The van der Waals surface area contributed by atoms with Gasteiger partial charge in [0.2, 0.25) is 0 Å². The van der Waals surface area contributed by atoms with Crippen molar-refractivity contribution in [3.8, 4) is 5.75 Å². The molecule has 1 heterocycles. The molecule has 1 aromatic carbocycles. The molecule has 1 aliphatic carbocycles. The van der Waals surface area contributed by atoms with Crippen molar-refractivity contribution >= 4 is 5.96 Å². The van der Waals surface area contributed by atoms with E-state index in [0.29, 0.717) is 29.7 Å². The van der Waals surface area contributed by atoms with Gasteiger partial charge in [-0.15, -0.1) is 0 Å². The van der Waals surface area contributed by atoms with Crippen LogP contribution in [0.5, 0.6) is 5.75 Å². The van der Waals surface area contributed by atoms with Crippen molar-refractivity contribution in [1.29, 1.82) is 0 Å². The molecule has 1 aromatic rings. The van der Waals surface area contributed by atoms with Gasteiger partial charge in [-0.1, -0.05) is 6.07 Å². The second-order valence-electron chi connectivity index (χ2n) is 5.82. The number of hydrogen-bond acceptors (Lipinski definition) is 4. The SMILES string of the molecule is COc1cccc(F)c1C1(C)CN=C(N)N1CC1CC1. The normalized spacial score (nSPS) is 25.8. The number of ether oxygens (including phenoxy) is 1. The Morgan fingerprint density at radius 2 is 2.25 bits per heavy atom. The minimum atomic E-state index is -0.566. The van der Waals surface area contributed by atoms with E-state index in [9.17, 15) is 4.39 Å². The van der Waals surface area contributed by atoms with Gasteiger partial charge in [0.05, 0.1) is 24.8 Å². The summed E-state index contributed by atoms with van der Waals surface area (Å²) in [6.45, 7) is 3.28. The largest absolute Gasteiger partial charge is 0.496 e. The lowest BCUT2D eigenvalue weighted by atomic mass is 9.89. The van der Waals surface area contributed by atoms with Gasteiger partial charge < -0.3 is 15.4 Å². The van der Waals surface area contributed by atoms with Crippen molar-refractivity contribution in [3.63, 3.8) is 0 Å². The van der Waals surface area contributed by atoms with Crippen LogP contribution in [-0.2, 0) is 5.54 Å². The Kier molecular flexibility index (Phi) is 3.07.